The van der Waals surface area contributed by atoms with E-state index in [1.165, 1.54) is 64.2 Å². The smallest absolute Gasteiger partial charge is 0.0701 e. The zero-order valence-electron chi connectivity index (χ0n) is 17.1. The second-order valence-electron chi connectivity index (χ2n) is 6.63. The van der Waals surface area contributed by atoms with E-state index in [1.807, 2.05) is 0 Å². The normalized spacial score (nSPS) is 11.3. The summed E-state index contributed by atoms with van der Waals surface area (Å²) < 4.78 is 21.9. The van der Waals surface area contributed by atoms with Gasteiger partial charge in [-0.3, -0.25) is 0 Å². The van der Waals surface area contributed by atoms with Crippen molar-refractivity contribution in [2.75, 3.05) is 52.9 Å². The predicted molar refractivity (Wildman–Crippen MR) is 105 cm³/mol. The molecule has 0 saturated heterocycles. The van der Waals surface area contributed by atoms with Crippen molar-refractivity contribution >= 4 is 0 Å². The standard InChI is InChI=1S/C21H44O4/c1-3-5-7-8-9-10-11-12-13-15-23-17-19-25-21-20-24-18-16-22-14-6-4-2/h3-21H2,1-2H3. The molecule has 0 amide bonds. The van der Waals surface area contributed by atoms with E-state index in [0.717, 1.165) is 19.6 Å². The molecule has 0 spiro atoms. The zero-order valence-corrected chi connectivity index (χ0v) is 17.1. The fourth-order valence-electron chi connectivity index (χ4n) is 2.52. The van der Waals surface area contributed by atoms with Crippen molar-refractivity contribution in [3.05, 3.63) is 0 Å². The summed E-state index contributed by atoms with van der Waals surface area (Å²) in [6.07, 6.45) is 14.5. The molecule has 0 aromatic carbocycles. The molecule has 152 valence electrons. The van der Waals surface area contributed by atoms with Crippen LogP contribution in [-0.2, 0) is 18.9 Å². The minimum absolute atomic E-state index is 0.634. The molecule has 0 atom stereocenters. The van der Waals surface area contributed by atoms with Gasteiger partial charge in [-0.05, 0) is 12.8 Å². The molecule has 0 aliphatic carbocycles. The van der Waals surface area contributed by atoms with Gasteiger partial charge in [-0.1, -0.05) is 71.6 Å². The van der Waals surface area contributed by atoms with Crippen molar-refractivity contribution in [2.24, 2.45) is 0 Å². The first-order valence-electron chi connectivity index (χ1n) is 10.7. The maximum Gasteiger partial charge on any atom is 0.0701 e. The van der Waals surface area contributed by atoms with Gasteiger partial charge < -0.3 is 18.9 Å². The highest BCUT2D eigenvalue weighted by atomic mass is 16.6. The van der Waals surface area contributed by atoms with Crippen LogP contribution in [0.4, 0.5) is 0 Å². The van der Waals surface area contributed by atoms with Gasteiger partial charge in [0.15, 0.2) is 0 Å². The average molecular weight is 361 g/mol. The first-order chi connectivity index (χ1) is 12.4. The molecule has 4 heteroatoms. The van der Waals surface area contributed by atoms with Crippen LogP contribution in [0, 0.1) is 0 Å². The van der Waals surface area contributed by atoms with Crippen molar-refractivity contribution in [3.8, 4) is 0 Å². The van der Waals surface area contributed by atoms with E-state index in [0.29, 0.717) is 39.6 Å². The van der Waals surface area contributed by atoms with Crippen molar-refractivity contribution in [2.45, 2.75) is 84.5 Å². The van der Waals surface area contributed by atoms with Gasteiger partial charge in [-0.25, -0.2) is 0 Å². The number of rotatable bonds is 22. The molecule has 0 aromatic rings. The van der Waals surface area contributed by atoms with Crippen molar-refractivity contribution in [1.82, 2.24) is 0 Å². The van der Waals surface area contributed by atoms with E-state index in [1.54, 1.807) is 0 Å². The van der Waals surface area contributed by atoms with Crippen molar-refractivity contribution < 1.29 is 18.9 Å². The molecule has 0 heterocycles. The van der Waals surface area contributed by atoms with Crippen LogP contribution in [0.15, 0.2) is 0 Å². The van der Waals surface area contributed by atoms with Crippen LogP contribution in [0.5, 0.6) is 0 Å². The van der Waals surface area contributed by atoms with Gasteiger partial charge in [0.2, 0.25) is 0 Å². The minimum atomic E-state index is 0.634. The van der Waals surface area contributed by atoms with Crippen molar-refractivity contribution in [3.63, 3.8) is 0 Å². The van der Waals surface area contributed by atoms with Crippen molar-refractivity contribution in [1.29, 1.82) is 0 Å². The summed E-state index contributed by atoms with van der Waals surface area (Å²) in [7, 11) is 0. The Morgan fingerprint density at radius 1 is 0.320 bits per heavy atom. The average Bonchev–Trinajstić information content (AvgIpc) is 2.63. The van der Waals surface area contributed by atoms with Gasteiger partial charge in [0.05, 0.1) is 39.6 Å². The second kappa shape index (κ2) is 23.8. The maximum absolute atomic E-state index is 5.59. The molecule has 0 aromatic heterocycles. The molecule has 0 aliphatic heterocycles. The molecule has 0 saturated carbocycles. The second-order valence-corrected chi connectivity index (χ2v) is 6.63. The van der Waals surface area contributed by atoms with Crippen LogP contribution in [-0.4, -0.2) is 52.9 Å². The summed E-state index contributed by atoms with van der Waals surface area (Å²) in [5.74, 6) is 0. The number of hydrogen-bond acceptors (Lipinski definition) is 4. The van der Waals surface area contributed by atoms with Crippen LogP contribution in [0.25, 0.3) is 0 Å². The van der Waals surface area contributed by atoms with Crippen LogP contribution in [0.3, 0.4) is 0 Å². The Hall–Kier alpha value is -0.160. The lowest BCUT2D eigenvalue weighted by atomic mass is 10.1. The lowest BCUT2D eigenvalue weighted by Gasteiger charge is -2.07. The molecule has 25 heavy (non-hydrogen) atoms. The largest absolute Gasteiger partial charge is 0.379 e. The third-order valence-electron chi connectivity index (χ3n) is 4.15. The Balaban J connectivity index is 2.94. The highest BCUT2D eigenvalue weighted by Gasteiger charge is 1.94. The summed E-state index contributed by atoms with van der Waals surface area (Å²) in [6, 6.07) is 0. The molecule has 0 bridgehead atoms. The molecule has 4 nitrogen and oxygen atoms in total. The van der Waals surface area contributed by atoms with E-state index < -0.39 is 0 Å². The molecule has 0 fully saturated rings. The molecule has 0 unspecified atom stereocenters. The SMILES string of the molecule is CCCCCCCCCCCOCCOCCOCCOCCCC. The zero-order chi connectivity index (χ0) is 18.3. The third kappa shape index (κ3) is 23.8. The monoisotopic (exact) mass is 360 g/mol. The first-order valence-corrected chi connectivity index (χ1v) is 10.7. The molecule has 0 rings (SSSR count). The summed E-state index contributed by atoms with van der Waals surface area (Å²) >= 11 is 0. The Labute approximate surface area is 156 Å². The van der Waals surface area contributed by atoms with E-state index in [2.05, 4.69) is 13.8 Å². The molecule has 0 N–H and O–H groups in total. The maximum atomic E-state index is 5.59. The minimum Gasteiger partial charge on any atom is -0.379 e. The lowest BCUT2D eigenvalue weighted by Crippen LogP contribution is -2.12. The molecular formula is C21H44O4. The highest BCUT2D eigenvalue weighted by Crippen LogP contribution is 2.09. The van der Waals surface area contributed by atoms with E-state index in [9.17, 15) is 0 Å². The van der Waals surface area contributed by atoms with Gasteiger partial charge in [0.1, 0.15) is 0 Å². The van der Waals surface area contributed by atoms with Crippen LogP contribution in [0.1, 0.15) is 84.5 Å². The lowest BCUT2D eigenvalue weighted by molar-refractivity contribution is -0.00238. The Kier molecular flexibility index (Phi) is 23.7. The quantitative estimate of drug-likeness (QED) is 0.243. The third-order valence-corrected chi connectivity index (χ3v) is 4.15. The number of hydrogen-bond donors (Lipinski definition) is 0. The van der Waals surface area contributed by atoms with Crippen LogP contribution in [0.2, 0.25) is 0 Å². The molecule has 0 radical (unpaired) electrons. The first kappa shape index (κ1) is 24.8. The summed E-state index contributed by atoms with van der Waals surface area (Å²) in [5.41, 5.74) is 0. The van der Waals surface area contributed by atoms with Gasteiger partial charge in [0.25, 0.3) is 0 Å². The fraction of sp³-hybridized carbons (Fsp3) is 1.00. The van der Waals surface area contributed by atoms with Gasteiger partial charge in [-0.15, -0.1) is 0 Å². The summed E-state index contributed by atoms with van der Waals surface area (Å²) in [4.78, 5) is 0. The van der Waals surface area contributed by atoms with E-state index in [-0.39, 0.29) is 0 Å². The molecule has 0 aliphatic rings. The number of unbranched alkanes of at least 4 members (excludes halogenated alkanes) is 9. The highest BCUT2D eigenvalue weighted by molar-refractivity contribution is 4.46. The van der Waals surface area contributed by atoms with E-state index >= 15 is 0 Å². The topological polar surface area (TPSA) is 36.9 Å². The Morgan fingerprint density at radius 3 is 1.08 bits per heavy atom. The fourth-order valence-corrected chi connectivity index (χ4v) is 2.52. The Bertz CT molecular complexity index is 202. The van der Waals surface area contributed by atoms with Crippen LogP contribution >= 0.6 is 0 Å². The summed E-state index contributed by atoms with van der Waals surface area (Å²) in [6.45, 7) is 10.1. The van der Waals surface area contributed by atoms with E-state index in [4.69, 9.17) is 18.9 Å². The van der Waals surface area contributed by atoms with Gasteiger partial charge in [0, 0.05) is 13.2 Å². The predicted octanol–water partition coefficient (Wildman–Crippen LogP) is 5.38. The number of ether oxygens (including phenoxy) is 4. The Morgan fingerprint density at radius 2 is 0.640 bits per heavy atom. The van der Waals surface area contributed by atoms with Crippen LogP contribution < -0.4 is 0 Å². The molecular weight excluding hydrogens is 316 g/mol. The van der Waals surface area contributed by atoms with Gasteiger partial charge in [-0.2, -0.15) is 0 Å². The van der Waals surface area contributed by atoms with Gasteiger partial charge >= 0.3 is 0 Å². The summed E-state index contributed by atoms with van der Waals surface area (Å²) in [5, 5.41) is 0.